The largest absolute Gasteiger partial charge is 0.456 e. The Morgan fingerprint density at radius 1 is 1.00 bits per heavy atom. The van der Waals surface area contributed by atoms with Crippen LogP contribution >= 0.6 is 12.4 Å². The van der Waals surface area contributed by atoms with Gasteiger partial charge in [0.2, 0.25) is 0 Å². The molecule has 0 aliphatic carbocycles. The van der Waals surface area contributed by atoms with E-state index in [0.29, 0.717) is 0 Å². The van der Waals surface area contributed by atoms with Crippen molar-refractivity contribution < 1.29 is 4.42 Å². The first-order valence-corrected chi connectivity index (χ1v) is 7.66. The zero-order valence-electron chi connectivity index (χ0n) is 13.6. The number of benzene rings is 2. The number of hydrogen-bond acceptors (Lipinski definition) is 3. The molecule has 3 rings (SSSR count). The van der Waals surface area contributed by atoms with Gasteiger partial charge in [0.1, 0.15) is 11.3 Å². The van der Waals surface area contributed by atoms with Crippen molar-refractivity contribution in [2.75, 3.05) is 27.2 Å². The number of nitrogens with one attached hydrogen (secondary N) is 1. The summed E-state index contributed by atoms with van der Waals surface area (Å²) in [6.45, 7) is 2.86. The predicted octanol–water partition coefficient (Wildman–Crippen LogP) is 4.17. The van der Waals surface area contributed by atoms with Crippen molar-refractivity contribution >= 4 is 23.4 Å². The average molecular weight is 331 g/mol. The topological polar surface area (TPSA) is 28.4 Å². The molecule has 0 aliphatic rings. The predicted molar refractivity (Wildman–Crippen MR) is 99.2 cm³/mol. The zero-order valence-corrected chi connectivity index (χ0v) is 14.4. The van der Waals surface area contributed by atoms with Crippen molar-refractivity contribution in [3.8, 4) is 11.3 Å². The Bertz CT molecular complexity index is 719. The van der Waals surface area contributed by atoms with Crippen molar-refractivity contribution in [3.05, 3.63) is 60.2 Å². The maximum Gasteiger partial charge on any atom is 0.135 e. The molecule has 2 aromatic carbocycles. The summed E-state index contributed by atoms with van der Waals surface area (Å²) in [6, 6.07) is 18.7. The minimum atomic E-state index is 0. The van der Waals surface area contributed by atoms with Crippen LogP contribution < -0.4 is 5.32 Å². The van der Waals surface area contributed by atoms with Gasteiger partial charge in [0, 0.05) is 30.6 Å². The van der Waals surface area contributed by atoms with E-state index in [9.17, 15) is 0 Å². The van der Waals surface area contributed by atoms with Crippen LogP contribution in [-0.4, -0.2) is 32.1 Å². The Morgan fingerprint density at radius 3 is 2.52 bits per heavy atom. The third-order valence-electron chi connectivity index (χ3n) is 3.76. The van der Waals surface area contributed by atoms with Crippen LogP contribution in [0.25, 0.3) is 22.3 Å². The molecule has 4 heteroatoms. The Balaban J connectivity index is 0.00000192. The van der Waals surface area contributed by atoms with Crippen LogP contribution in [0, 0.1) is 0 Å². The highest BCUT2D eigenvalue weighted by Crippen LogP contribution is 2.29. The fourth-order valence-corrected chi connectivity index (χ4v) is 2.56. The number of para-hydroxylation sites is 1. The fraction of sp³-hybridized carbons (Fsp3) is 0.263. The summed E-state index contributed by atoms with van der Waals surface area (Å²) in [6.07, 6.45) is 0. The molecule has 1 aromatic heterocycles. The summed E-state index contributed by atoms with van der Waals surface area (Å²) in [5, 5.41) is 4.64. The molecular formula is C19H23ClN2O. The molecule has 0 bridgehead atoms. The van der Waals surface area contributed by atoms with Crippen molar-refractivity contribution in [2.24, 2.45) is 0 Å². The Kier molecular flexibility index (Phi) is 6.22. The summed E-state index contributed by atoms with van der Waals surface area (Å²) in [5.74, 6) is 0.936. The van der Waals surface area contributed by atoms with Gasteiger partial charge in [-0.2, -0.15) is 0 Å². The lowest BCUT2D eigenvalue weighted by Crippen LogP contribution is -2.26. The van der Waals surface area contributed by atoms with Crippen LogP contribution in [0.5, 0.6) is 0 Å². The molecule has 0 atom stereocenters. The maximum absolute atomic E-state index is 6.00. The SMILES string of the molecule is CN(C)CCNCc1ccccc1-c1cc2ccccc2o1.Cl. The quantitative estimate of drug-likeness (QED) is 0.687. The molecule has 0 unspecified atom stereocenters. The number of hydrogen-bond donors (Lipinski definition) is 1. The van der Waals surface area contributed by atoms with E-state index in [-0.39, 0.29) is 12.4 Å². The van der Waals surface area contributed by atoms with Gasteiger partial charge in [-0.1, -0.05) is 42.5 Å². The van der Waals surface area contributed by atoms with E-state index in [0.717, 1.165) is 41.9 Å². The summed E-state index contributed by atoms with van der Waals surface area (Å²) >= 11 is 0. The number of furan rings is 1. The van der Waals surface area contributed by atoms with E-state index >= 15 is 0 Å². The number of fused-ring (bicyclic) bond motifs is 1. The number of nitrogens with zero attached hydrogens (tertiary/aromatic N) is 1. The number of rotatable bonds is 6. The van der Waals surface area contributed by atoms with Crippen molar-refractivity contribution in [1.82, 2.24) is 10.2 Å². The molecular weight excluding hydrogens is 308 g/mol. The Hall–Kier alpha value is -1.81. The van der Waals surface area contributed by atoms with Crippen LogP contribution in [0.15, 0.2) is 59.0 Å². The first-order valence-electron chi connectivity index (χ1n) is 7.66. The minimum Gasteiger partial charge on any atom is -0.456 e. The standard InChI is InChI=1S/C19H22N2O.ClH/c1-21(2)12-11-20-14-16-8-3-5-9-17(16)19-13-15-7-4-6-10-18(15)22-19;/h3-10,13,20H,11-12,14H2,1-2H3;1H. The molecule has 23 heavy (non-hydrogen) atoms. The molecule has 1 heterocycles. The van der Waals surface area contributed by atoms with Crippen LogP contribution in [0.2, 0.25) is 0 Å². The lowest BCUT2D eigenvalue weighted by Gasteiger charge is -2.12. The maximum atomic E-state index is 6.00. The molecule has 0 saturated carbocycles. The first kappa shape index (κ1) is 17.5. The fourth-order valence-electron chi connectivity index (χ4n) is 2.56. The lowest BCUT2D eigenvalue weighted by molar-refractivity contribution is 0.400. The van der Waals surface area contributed by atoms with Crippen molar-refractivity contribution in [2.45, 2.75) is 6.54 Å². The molecule has 1 N–H and O–H groups in total. The average Bonchev–Trinajstić information content (AvgIpc) is 2.95. The van der Waals surface area contributed by atoms with Gasteiger partial charge in [-0.25, -0.2) is 0 Å². The molecule has 122 valence electrons. The molecule has 0 fully saturated rings. The molecule has 0 amide bonds. The lowest BCUT2D eigenvalue weighted by atomic mass is 10.0. The Labute approximate surface area is 143 Å². The minimum absolute atomic E-state index is 0. The first-order chi connectivity index (χ1) is 10.7. The monoisotopic (exact) mass is 330 g/mol. The molecule has 0 saturated heterocycles. The van der Waals surface area contributed by atoms with Gasteiger partial charge in [-0.05, 0) is 31.8 Å². The summed E-state index contributed by atoms with van der Waals surface area (Å²) < 4.78 is 6.00. The zero-order chi connectivity index (χ0) is 15.4. The van der Waals surface area contributed by atoms with Gasteiger partial charge < -0.3 is 14.6 Å². The highest BCUT2D eigenvalue weighted by atomic mass is 35.5. The van der Waals surface area contributed by atoms with Gasteiger partial charge in [0.25, 0.3) is 0 Å². The normalized spacial score (nSPS) is 10.9. The number of likely N-dealkylation sites (N-methyl/N-ethyl adjacent to an activating group) is 1. The van der Waals surface area contributed by atoms with Crippen LogP contribution in [0.1, 0.15) is 5.56 Å². The smallest absolute Gasteiger partial charge is 0.135 e. The third-order valence-corrected chi connectivity index (χ3v) is 3.76. The van der Waals surface area contributed by atoms with E-state index in [1.807, 2.05) is 18.2 Å². The van der Waals surface area contributed by atoms with Crippen LogP contribution in [0.4, 0.5) is 0 Å². The Morgan fingerprint density at radius 2 is 1.74 bits per heavy atom. The second-order valence-electron chi connectivity index (χ2n) is 5.79. The second kappa shape index (κ2) is 8.16. The molecule has 3 nitrogen and oxygen atoms in total. The summed E-state index contributed by atoms with van der Waals surface area (Å²) in [7, 11) is 4.17. The molecule has 0 aliphatic heterocycles. The summed E-state index contributed by atoms with van der Waals surface area (Å²) in [4.78, 5) is 2.18. The van der Waals surface area contributed by atoms with E-state index in [2.05, 4.69) is 60.7 Å². The van der Waals surface area contributed by atoms with Gasteiger partial charge in [0.15, 0.2) is 0 Å². The van der Waals surface area contributed by atoms with Crippen LogP contribution in [0.3, 0.4) is 0 Å². The molecule has 0 spiro atoms. The van der Waals surface area contributed by atoms with Gasteiger partial charge in [0.05, 0.1) is 0 Å². The van der Waals surface area contributed by atoms with Gasteiger partial charge >= 0.3 is 0 Å². The van der Waals surface area contributed by atoms with Crippen LogP contribution in [-0.2, 0) is 6.54 Å². The highest BCUT2D eigenvalue weighted by Gasteiger charge is 2.09. The van der Waals surface area contributed by atoms with Gasteiger partial charge in [-0.3, -0.25) is 0 Å². The second-order valence-corrected chi connectivity index (χ2v) is 5.79. The van der Waals surface area contributed by atoms with Crippen molar-refractivity contribution in [3.63, 3.8) is 0 Å². The molecule has 0 radical (unpaired) electrons. The number of halogens is 1. The third kappa shape index (κ3) is 4.35. The van der Waals surface area contributed by atoms with Crippen molar-refractivity contribution in [1.29, 1.82) is 0 Å². The van der Waals surface area contributed by atoms with E-state index in [4.69, 9.17) is 4.42 Å². The van der Waals surface area contributed by atoms with Gasteiger partial charge in [-0.15, -0.1) is 12.4 Å². The molecule has 3 aromatic rings. The van der Waals surface area contributed by atoms with E-state index < -0.39 is 0 Å². The van der Waals surface area contributed by atoms with E-state index in [1.165, 1.54) is 5.56 Å². The highest BCUT2D eigenvalue weighted by molar-refractivity contribution is 5.85. The summed E-state index contributed by atoms with van der Waals surface area (Å²) in [5.41, 5.74) is 3.37. The van der Waals surface area contributed by atoms with E-state index in [1.54, 1.807) is 0 Å².